The molecule has 0 aliphatic rings. The maximum atomic E-state index is 10.4. The number of carbonyl (C=O) groups excluding carboxylic acids is 1. The lowest BCUT2D eigenvalue weighted by molar-refractivity contribution is -0.117. The van der Waals surface area contributed by atoms with Gasteiger partial charge in [0.05, 0.1) is 6.54 Å². The summed E-state index contributed by atoms with van der Waals surface area (Å²) in [6, 6.07) is 0. The first kappa shape index (κ1) is 9.52. The molecule has 0 aromatic carbocycles. The average Bonchev–Trinajstić information content (AvgIpc) is 2.09. The third-order valence-corrected chi connectivity index (χ3v) is 1.62. The molecule has 1 amide bonds. The highest BCUT2D eigenvalue weighted by Gasteiger charge is 1.92. The normalized spacial score (nSPS) is 13.9. The molecular weight excluding hydrogens is 152 g/mol. The third kappa shape index (κ3) is 9.43. The summed E-state index contributed by atoms with van der Waals surface area (Å²) in [5.41, 5.74) is 4.93. The quantitative estimate of drug-likeness (QED) is 0.539. The van der Waals surface area contributed by atoms with Crippen LogP contribution >= 0.6 is 0 Å². The van der Waals surface area contributed by atoms with Crippen LogP contribution in [0.3, 0.4) is 0 Å². The number of carbonyl (C=O) groups is 1. The molecule has 1 atom stereocenters. The van der Waals surface area contributed by atoms with E-state index in [0.717, 1.165) is 12.8 Å². The zero-order valence-corrected chi connectivity index (χ0v) is 7.81. The summed E-state index contributed by atoms with van der Waals surface area (Å²) in [6.45, 7) is 1.93. The Morgan fingerprint density at radius 2 is 2.08 bits per heavy atom. The van der Waals surface area contributed by atoms with Gasteiger partial charge in [-0.2, -0.15) is 0 Å². The highest BCUT2D eigenvalue weighted by atomic mass is 16.1. The van der Waals surface area contributed by atoms with Crippen molar-refractivity contribution < 1.29 is 6.17 Å². The Balaban J connectivity index is 3.19. The first-order valence-electron chi connectivity index (χ1n) is 5.18. The first-order valence-corrected chi connectivity index (χ1v) is 4.60. The minimum atomic E-state index is -0.397. The molecule has 3 heteroatoms. The van der Waals surface area contributed by atoms with Crippen LogP contribution in [0.2, 0.25) is 0 Å². The number of amides is 1. The maximum Gasteiger partial charge on any atom is 0.231 e. The largest absolute Gasteiger partial charge is 0.369 e. The van der Waals surface area contributed by atoms with Crippen molar-refractivity contribution in [3.8, 4) is 0 Å². The number of primary amides is 1. The highest BCUT2D eigenvalue weighted by Crippen LogP contribution is 2.00. The highest BCUT2D eigenvalue weighted by molar-refractivity contribution is 5.75. The van der Waals surface area contributed by atoms with Gasteiger partial charge in [0.15, 0.2) is 0 Å². The molecular formula is C9H20N2O. The van der Waals surface area contributed by atoms with E-state index in [1.54, 1.807) is 0 Å². The summed E-state index contributed by atoms with van der Waals surface area (Å²) in [5, 5.41) is 2.75. The summed E-state index contributed by atoms with van der Waals surface area (Å²) >= 11 is 0. The van der Waals surface area contributed by atoms with Gasteiger partial charge in [-0.15, -0.1) is 0 Å². The molecule has 0 radical (unpaired) electrons. The van der Waals surface area contributed by atoms with E-state index < -0.39 is 5.91 Å². The molecule has 3 N–H and O–H groups in total. The smallest absolute Gasteiger partial charge is 0.231 e. The second kappa shape index (κ2) is 8.53. The van der Waals surface area contributed by atoms with Gasteiger partial charge in [0, 0.05) is 1.37 Å². The van der Waals surface area contributed by atoms with E-state index in [-0.39, 0.29) is 13.1 Å². The van der Waals surface area contributed by atoms with E-state index in [9.17, 15) is 4.79 Å². The molecule has 0 aromatic heterocycles. The molecule has 12 heavy (non-hydrogen) atoms. The van der Waals surface area contributed by atoms with E-state index in [4.69, 9.17) is 7.10 Å². The van der Waals surface area contributed by atoms with E-state index >= 15 is 0 Å². The molecule has 0 saturated carbocycles. The topological polar surface area (TPSA) is 55.1 Å². The first-order chi connectivity index (χ1) is 6.16. The van der Waals surface area contributed by atoms with Gasteiger partial charge in [-0.3, -0.25) is 4.79 Å². The Kier molecular flexibility index (Phi) is 6.76. The second-order valence-electron chi connectivity index (χ2n) is 2.90. The van der Waals surface area contributed by atoms with Gasteiger partial charge in [0.25, 0.3) is 0 Å². The lowest BCUT2D eigenvalue weighted by atomic mass is 10.1. The molecule has 0 rings (SSSR count). The fourth-order valence-electron chi connectivity index (χ4n) is 0.948. The van der Waals surface area contributed by atoms with Crippen LogP contribution in [0, 0.1) is 0 Å². The fraction of sp³-hybridized carbons (Fsp3) is 0.889. The van der Waals surface area contributed by atoms with Gasteiger partial charge in [-0.25, -0.2) is 0 Å². The Hall–Kier alpha value is -0.570. The average molecular weight is 173 g/mol. The SMILES string of the molecule is [2H][C@@H](CCCCCC)NCC(N)=O. The van der Waals surface area contributed by atoms with Gasteiger partial charge in [-0.05, 0) is 12.9 Å². The molecule has 0 unspecified atom stereocenters. The number of hydrogen-bond donors (Lipinski definition) is 2. The number of nitrogens with one attached hydrogen (secondary N) is 1. The summed E-state index contributed by atoms with van der Waals surface area (Å²) in [6.07, 6.45) is 5.45. The molecule has 0 bridgehead atoms. The molecule has 0 aromatic rings. The van der Waals surface area contributed by atoms with E-state index in [0.29, 0.717) is 0 Å². The number of unbranched alkanes of at least 4 members (excludes halogenated alkanes) is 3. The Labute approximate surface area is 76.1 Å². The molecule has 0 spiro atoms. The summed E-state index contributed by atoms with van der Waals surface area (Å²) in [7, 11) is 0. The van der Waals surface area contributed by atoms with Gasteiger partial charge < -0.3 is 11.1 Å². The van der Waals surface area contributed by atoms with Crippen molar-refractivity contribution in [1.82, 2.24) is 5.32 Å². The van der Waals surface area contributed by atoms with Crippen LogP contribution in [0.15, 0.2) is 0 Å². The van der Waals surface area contributed by atoms with Crippen molar-refractivity contribution in [1.29, 1.82) is 0 Å². The summed E-state index contributed by atoms with van der Waals surface area (Å²) in [4.78, 5) is 10.4. The summed E-state index contributed by atoms with van der Waals surface area (Å²) in [5.74, 6) is -0.397. The molecule has 72 valence electrons. The predicted octanol–water partition coefficient (Wildman–Crippen LogP) is 1.03. The number of nitrogens with two attached hydrogens (primary N) is 1. The molecule has 0 fully saturated rings. The van der Waals surface area contributed by atoms with E-state index in [1.807, 2.05) is 0 Å². The predicted molar refractivity (Wildman–Crippen MR) is 50.8 cm³/mol. The van der Waals surface area contributed by atoms with Crippen molar-refractivity contribution >= 4 is 5.91 Å². The minimum absolute atomic E-state index is 0.113. The lowest BCUT2D eigenvalue weighted by Crippen LogP contribution is -2.29. The number of hydrogen-bond acceptors (Lipinski definition) is 2. The lowest BCUT2D eigenvalue weighted by Gasteiger charge is -2.01. The van der Waals surface area contributed by atoms with Crippen molar-refractivity contribution in [2.24, 2.45) is 5.73 Å². The third-order valence-electron chi connectivity index (χ3n) is 1.62. The molecule has 0 aliphatic carbocycles. The van der Waals surface area contributed by atoms with Crippen LogP contribution in [-0.4, -0.2) is 19.0 Å². The monoisotopic (exact) mass is 173 g/mol. The van der Waals surface area contributed by atoms with Crippen LogP contribution in [0.5, 0.6) is 0 Å². The zero-order valence-electron chi connectivity index (χ0n) is 8.81. The van der Waals surface area contributed by atoms with Gasteiger partial charge in [0.2, 0.25) is 5.91 Å². The van der Waals surface area contributed by atoms with Crippen molar-refractivity contribution in [3.05, 3.63) is 0 Å². The second-order valence-corrected chi connectivity index (χ2v) is 2.90. The van der Waals surface area contributed by atoms with E-state index in [2.05, 4.69) is 12.2 Å². The Morgan fingerprint density at radius 3 is 2.67 bits per heavy atom. The minimum Gasteiger partial charge on any atom is -0.369 e. The van der Waals surface area contributed by atoms with Crippen LogP contribution in [-0.2, 0) is 4.79 Å². The number of rotatable bonds is 8. The van der Waals surface area contributed by atoms with Crippen molar-refractivity contribution in [2.75, 3.05) is 13.1 Å². The van der Waals surface area contributed by atoms with Crippen LogP contribution < -0.4 is 11.1 Å². The molecule has 0 saturated heterocycles. The zero-order chi connectivity index (χ0) is 10.1. The maximum absolute atomic E-state index is 10.4. The Morgan fingerprint density at radius 1 is 1.42 bits per heavy atom. The van der Waals surface area contributed by atoms with Crippen LogP contribution in [0.25, 0.3) is 0 Å². The molecule has 3 nitrogen and oxygen atoms in total. The molecule has 0 aliphatic heterocycles. The Bertz CT molecular complexity index is 142. The standard InChI is InChI=1S/C9H20N2O/c1-2-3-4-5-6-7-11-8-9(10)12/h11H,2-8H2,1H3,(H2,10,12)/i7D/t7-/m0/s1. The van der Waals surface area contributed by atoms with Crippen LogP contribution in [0.4, 0.5) is 0 Å². The van der Waals surface area contributed by atoms with Crippen molar-refractivity contribution in [3.63, 3.8) is 0 Å². The van der Waals surface area contributed by atoms with Crippen molar-refractivity contribution in [2.45, 2.75) is 39.0 Å². The van der Waals surface area contributed by atoms with Gasteiger partial charge in [-0.1, -0.05) is 32.6 Å². The fourth-order valence-corrected chi connectivity index (χ4v) is 0.948. The van der Waals surface area contributed by atoms with Gasteiger partial charge >= 0.3 is 0 Å². The molecule has 0 heterocycles. The summed E-state index contributed by atoms with van der Waals surface area (Å²) < 4.78 is 7.48. The van der Waals surface area contributed by atoms with E-state index in [1.165, 1.54) is 19.3 Å². The van der Waals surface area contributed by atoms with Gasteiger partial charge in [0.1, 0.15) is 0 Å². The van der Waals surface area contributed by atoms with Crippen LogP contribution in [0.1, 0.15) is 40.4 Å².